The van der Waals surface area contributed by atoms with Gasteiger partial charge in [0.05, 0.1) is 18.5 Å². The minimum Gasteiger partial charge on any atom is -0.494 e. The van der Waals surface area contributed by atoms with E-state index in [9.17, 15) is 0 Å². The van der Waals surface area contributed by atoms with Gasteiger partial charge in [-0.1, -0.05) is 0 Å². The van der Waals surface area contributed by atoms with Gasteiger partial charge in [-0.2, -0.15) is 5.10 Å². The topological polar surface area (TPSA) is 92.6 Å². The minimum atomic E-state index is 0.613. The lowest BCUT2D eigenvalue weighted by molar-refractivity contribution is 0.422. The molecule has 6 heteroatoms. The summed E-state index contributed by atoms with van der Waals surface area (Å²) in [5.74, 6) is 2.07. The zero-order valence-corrected chi connectivity index (χ0v) is 10.1. The number of aromatic nitrogens is 4. The Morgan fingerprint density at radius 3 is 2.83 bits per heavy atom. The van der Waals surface area contributed by atoms with E-state index in [2.05, 4.69) is 20.2 Å². The maximum absolute atomic E-state index is 5.87. The summed E-state index contributed by atoms with van der Waals surface area (Å²) in [6, 6.07) is 5.66. The van der Waals surface area contributed by atoms with Crippen molar-refractivity contribution in [3.8, 4) is 17.3 Å². The van der Waals surface area contributed by atoms with Crippen LogP contribution in [0.3, 0.4) is 0 Å². The first-order valence-electron chi connectivity index (χ1n) is 5.53. The van der Waals surface area contributed by atoms with Crippen LogP contribution in [0.15, 0.2) is 18.2 Å². The van der Waals surface area contributed by atoms with Crippen molar-refractivity contribution in [1.82, 2.24) is 20.2 Å². The fourth-order valence-corrected chi connectivity index (χ4v) is 2.01. The standard InChI is InChI=1S/C12H13N5O/c1-6-14-12(17-16-6)10-5-7-9(15-10)4-3-8(13)11(7)18-2/h3-5,15H,13H2,1-2H3,(H,14,16,17). The lowest BCUT2D eigenvalue weighted by Gasteiger charge is -2.04. The zero-order valence-electron chi connectivity index (χ0n) is 10.1. The van der Waals surface area contributed by atoms with Gasteiger partial charge < -0.3 is 15.5 Å². The van der Waals surface area contributed by atoms with Crippen molar-refractivity contribution < 1.29 is 4.74 Å². The van der Waals surface area contributed by atoms with Crippen molar-refractivity contribution in [1.29, 1.82) is 0 Å². The first-order valence-corrected chi connectivity index (χ1v) is 5.53. The molecule has 3 aromatic rings. The first kappa shape index (κ1) is 10.6. The van der Waals surface area contributed by atoms with Crippen LogP contribution in [0, 0.1) is 6.92 Å². The number of H-pyrrole nitrogens is 2. The van der Waals surface area contributed by atoms with Gasteiger partial charge in [0, 0.05) is 10.9 Å². The van der Waals surface area contributed by atoms with Gasteiger partial charge in [0.1, 0.15) is 5.82 Å². The Bertz CT molecular complexity index is 712. The Morgan fingerprint density at radius 1 is 1.33 bits per heavy atom. The molecule has 0 aliphatic rings. The number of anilines is 1. The van der Waals surface area contributed by atoms with Crippen molar-refractivity contribution in [2.45, 2.75) is 6.92 Å². The van der Waals surface area contributed by atoms with Crippen LogP contribution >= 0.6 is 0 Å². The molecule has 4 N–H and O–H groups in total. The third-order valence-corrected chi connectivity index (χ3v) is 2.83. The van der Waals surface area contributed by atoms with E-state index in [1.54, 1.807) is 7.11 Å². The summed E-state index contributed by atoms with van der Waals surface area (Å²) in [6.45, 7) is 1.86. The van der Waals surface area contributed by atoms with Crippen LogP contribution in [0.25, 0.3) is 22.4 Å². The van der Waals surface area contributed by atoms with E-state index >= 15 is 0 Å². The molecule has 92 valence electrons. The zero-order chi connectivity index (χ0) is 12.7. The molecule has 0 unspecified atom stereocenters. The second kappa shape index (κ2) is 3.76. The number of hydrogen-bond acceptors (Lipinski definition) is 4. The second-order valence-corrected chi connectivity index (χ2v) is 4.08. The highest BCUT2D eigenvalue weighted by atomic mass is 16.5. The SMILES string of the molecule is COc1c(N)ccc2[nH]c(-c3n[nH]c(C)n3)cc12. The average Bonchev–Trinajstić information content (AvgIpc) is 2.94. The molecular weight excluding hydrogens is 230 g/mol. The average molecular weight is 243 g/mol. The van der Waals surface area contributed by atoms with Crippen molar-refractivity contribution in [3.05, 3.63) is 24.0 Å². The lowest BCUT2D eigenvalue weighted by Crippen LogP contribution is -1.91. The molecule has 0 radical (unpaired) electrons. The molecule has 1 aromatic carbocycles. The van der Waals surface area contributed by atoms with E-state index < -0.39 is 0 Å². The number of methoxy groups -OCH3 is 1. The number of aromatic amines is 2. The monoisotopic (exact) mass is 243 g/mol. The molecule has 2 heterocycles. The molecule has 0 spiro atoms. The van der Waals surface area contributed by atoms with Gasteiger partial charge in [-0.3, -0.25) is 5.10 Å². The summed E-state index contributed by atoms with van der Waals surface area (Å²) in [6.07, 6.45) is 0. The number of nitrogen functional groups attached to an aromatic ring is 1. The molecule has 0 bridgehead atoms. The number of nitrogens with one attached hydrogen (secondary N) is 2. The third-order valence-electron chi connectivity index (χ3n) is 2.83. The molecule has 3 rings (SSSR count). The van der Waals surface area contributed by atoms with E-state index in [4.69, 9.17) is 10.5 Å². The van der Waals surface area contributed by atoms with Gasteiger partial charge in [-0.15, -0.1) is 0 Å². The third kappa shape index (κ3) is 1.50. The molecule has 0 atom stereocenters. The van der Waals surface area contributed by atoms with Gasteiger partial charge in [-0.25, -0.2) is 4.98 Å². The lowest BCUT2D eigenvalue weighted by atomic mass is 10.2. The molecule has 0 saturated carbocycles. The highest BCUT2D eigenvalue weighted by Gasteiger charge is 2.12. The van der Waals surface area contributed by atoms with Crippen molar-refractivity contribution >= 4 is 16.6 Å². The fraction of sp³-hybridized carbons (Fsp3) is 0.167. The number of aryl methyl sites for hydroxylation is 1. The smallest absolute Gasteiger partial charge is 0.197 e. The molecule has 0 saturated heterocycles. The summed E-state index contributed by atoms with van der Waals surface area (Å²) in [5, 5.41) is 7.86. The summed E-state index contributed by atoms with van der Waals surface area (Å²) < 4.78 is 5.32. The van der Waals surface area contributed by atoms with E-state index in [0.717, 1.165) is 22.4 Å². The summed E-state index contributed by atoms with van der Waals surface area (Å²) in [4.78, 5) is 7.53. The maximum Gasteiger partial charge on any atom is 0.197 e. The maximum atomic E-state index is 5.87. The molecule has 2 aromatic heterocycles. The normalized spacial score (nSPS) is 11.0. The number of nitrogens with zero attached hydrogens (tertiary/aromatic N) is 2. The summed E-state index contributed by atoms with van der Waals surface area (Å²) in [5.41, 5.74) is 8.26. The first-order chi connectivity index (χ1) is 8.69. The van der Waals surface area contributed by atoms with E-state index in [-0.39, 0.29) is 0 Å². The Morgan fingerprint density at radius 2 is 2.17 bits per heavy atom. The predicted molar refractivity (Wildman–Crippen MR) is 69.4 cm³/mol. The van der Waals surface area contributed by atoms with E-state index in [0.29, 0.717) is 17.3 Å². The van der Waals surface area contributed by atoms with Crippen molar-refractivity contribution in [2.75, 3.05) is 12.8 Å². The van der Waals surface area contributed by atoms with E-state index in [1.807, 2.05) is 25.1 Å². The van der Waals surface area contributed by atoms with Gasteiger partial charge >= 0.3 is 0 Å². The molecule has 6 nitrogen and oxygen atoms in total. The molecule has 0 amide bonds. The molecule has 0 aliphatic carbocycles. The highest BCUT2D eigenvalue weighted by Crippen LogP contribution is 2.33. The Balaban J connectivity index is 2.22. The predicted octanol–water partition coefficient (Wildman–Crippen LogP) is 1.85. The van der Waals surface area contributed by atoms with Crippen LogP contribution in [0.5, 0.6) is 5.75 Å². The van der Waals surface area contributed by atoms with Crippen molar-refractivity contribution in [2.24, 2.45) is 0 Å². The summed E-state index contributed by atoms with van der Waals surface area (Å²) in [7, 11) is 1.61. The number of benzene rings is 1. The summed E-state index contributed by atoms with van der Waals surface area (Å²) >= 11 is 0. The van der Waals surface area contributed by atoms with Crippen LogP contribution in [-0.2, 0) is 0 Å². The van der Waals surface area contributed by atoms with Gasteiger partial charge in [0.2, 0.25) is 0 Å². The number of fused-ring (bicyclic) bond motifs is 1. The quantitative estimate of drug-likeness (QED) is 0.599. The van der Waals surface area contributed by atoms with Crippen LogP contribution in [0.2, 0.25) is 0 Å². The Labute approximate surface area is 103 Å². The van der Waals surface area contributed by atoms with Gasteiger partial charge in [0.15, 0.2) is 11.6 Å². The van der Waals surface area contributed by atoms with Gasteiger partial charge in [-0.05, 0) is 25.1 Å². The number of nitrogens with two attached hydrogens (primary N) is 1. The van der Waals surface area contributed by atoms with E-state index in [1.165, 1.54) is 0 Å². The molecule has 0 aliphatic heterocycles. The highest BCUT2D eigenvalue weighted by molar-refractivity contribution is 5.94. The van der Waals surface area contributed by atoms with Crippen LogP contribution in [0.4, 0.5) is 5.69 Å². The molecule has 18 heavy (non-hydrogen) atoms. The number of hydrogen-bond donors (Lipinski definition) is 3. The van der Waals surface area contributed by atoms with Crippen LogP contribution < -0.4 is 10.5 Å². The minimum absolute atomic E-state index is 0.613. The fourth-order valence-electron chi connectivity index (χ4n) is 2.01. The number of ether oxygens (including phenoxy) is 1. The second-order valence-electron chi connectivity index (χ2n) is 4.08. The number of rotatable bonds is 2. The van der Waals surface area contributed by atoms with Crippen LogP contribution in [0.1, 0.15) is 5.82 Å². The molecular formula is C12H13N5O. The Kier molecular flexibility index (Phi) is 2.22. The Hall–Kier alpha value is -2.50. The van der Waals surface area contributed by atoms with Crippen LogP contribution in [-0.4, -0.2) is 27.3 Å². The molecule has 0 fully saturated rings. The van der Waals surface area contributed by atoms with Crippen molar-refractivity contribution in [3.63, 3.8) is 0 Å². The largest absolute Gasteiger partial charge is 0.494 e. The van der Waals surface area contributed by atoms with Gasteiger partial charge in [0.25, 0.3) is 0 Å².